The van der Waals surface area contributed by atoms with Gasteiger partial charge in [0.05, 0.1) is 17.3 Å². The number of hydrogen-bond donors (Lipinski definition) is 3. The first-order valence-electron chi connectivity index (χ1n) is 10.2. The van der Waals surface area contributed by atoms with E-state index in [1.54, 1.807) is 66.1 Å². The van der Waals surface area contributed by atoms with Crippen molar-refractivity contribution in [2.75, 3.05) is 10.6 Å². The number of aromatic nitrogens is 3. The molecule has 0 fully saturated rings. The van der Waals surface area contributed by atoms with Crippen LogP contribution in [0.25, 0.3) is 5.65 Å². The van der Waals surface area contributed by atoms with Gasteiger partial charge in [-0.2, -0.15) is 13.2 Å². The molecule has 0 spiro atoms. The number of anilines is 2. The first-order valence-corrected chi connectivity index (χ1v) is 10.2. The smallest absolute Gasteiger partial charge is 0.328 e. The minimum Gasteiger partial charge on any atom is -0.328 e. The van der Waals surface area contributed by atoms with Gasteiger partial charge in [-0.25, -0.2) is 4.79 Å². The van der Waals surface area contributed by atoms with Gasteiger partial charge in [0.15, 0.2) is 11.5 Å². The van der Waals surface area contributed by atoms with Crippen molar-refractivity contribution >= 4 is 29.0 Å². The number of halogens is 3. The maximum absolute atomic E-state index is 13.7. The lowest BCUT2D eigenvalue weighted by Gasteiger charge is -2.18. The number of alkyl halides is 3. The van der Waals surface area contributed by atoms with E-state index in [9.17, 15) is 22.8 Å². The molecule has 3 amide bonds. The fraction of sp³-hybridized carbons (Fsp3) is 0.130. The molecule has 3 N–H and O–H groups in total. The Labute approximate surface area is 191 Å². The zero-order chi connectivity index (χ0) is 24.3. The summed E-state index contributed by atoms with van der Waals surface area (Å²) in [4.78, 5) is 24.7. The number of hydrogen-bond acceptors (Lipinski definition) is 4. The van der Waals surface area contributed by atoms with Crippen LogP contribution in [0.4, 0.5) is 29.3 Å². The second-order valence-corrected chi connectivity index (χ2v) is 7.39. The molecular weight excluding hydrogens is 449 g/mol. The molecule has 4 rings (SSSR count). The molecule has 34 heavy (non-hydrogen) atoms. The third-order valence-electron chi connectivity index (χ3n) is 4.94. The predicted molar refractivity (Wildman–Crippen MR) is 119 cm³/mol. The van der Waals surface area contributed by atoms with Gasteiger partial charge in [-0.05, 0) is 49.4 Å². The van der Waals surface area contributed by atoms with E-state index in [-0.39, 0.29) is 5.69 Å². The van der Waals surface area contributed by atoms with Gasteiger partial charge in [-0.3, -0.25) is 9.20 Å². The van der Waals surface area contributed by atoms with Gasteiger partial charge < -0.3 is 16.0 Å². The lowest BCUT2D eigenvalue weighted by atomic mass is 10.1. The van der Waals surface area contributed by atoms with Crippen LogP contribution in [0.2, 0.25) is 0 Å². The highest BCUT2D eigenvalue weighted by Crippen LogP contribution is 2.36. The van der Waals surface area contributed by atoms with Crippen molar-refractivity contribution in [1.29, 1.82) is 0 Å². The van der Waals surface area contributed by atoms with E-state index in [4.69, 9.17) is 0 Å². The summed E-state index contributed by atoms with van der Waals surface area (Å²) < 4.78 is 42.7. The van der Waals surface area contributed by atoms with Crippen molar-refractivity contribution in [2.24, 2.45) is 0 Å². The molecule has 174 valence electrons. The second-order valence-electron chi connectivity index (χ2n) is 7.39. The molecule has 11 heteroatoms. The van der Waals surface area contributed by atoms with Crippen LogP contribution in [-0.2, 0) is 6.18 Å². The highest BCUT2D eigenvalue weighted by atomic mass is 19.4. The monoisotopic (exact) mass is 468 g/mol. The zero-order valence-corrected chi connectivity index (χ0v) is 17.8. The number of pyridine rings is 1. The molecule has 0 saturated carbocycles. The van der Waals surface area contributed by atoms with Gasteiger partial charge in [-0.1, -0.05) is 24.3 Å². The maximum Gasteiger partial charge on any atom is 0.418 e. The lowest BCUT2D eigenvalue weighted by molar-refractivity contribution is -0.136. The van der Waals surface area contributed by atoms with E-state index in [0.717, 1.165) is 12.1 Å². The van der Waals surface area contributed by atoms with E-state index in [2.05, 4.69) is 26.1 Å². The standard InChI is InChI=1S/C23H19F3N6O2/c1-14(20-31-30-19-9-5-6-12-32(19)20)27-22(34)29-18-11-10-16(13-17(18)23(24,25)26)28-21(33)15-7-3-2-4-8-15/h2-14H,1H3,(H,28,33)(H2,27,29,34). The first kappa shape index (κ1) is 22.8. The molecular formula is C23H19F3N6O2. The molecule has 2 aromatic heterocycles. The summed E-state index contributed by atoms with van der Waals surface area (Å²) in [6.07, 6.45) is -3.06. The molecule has 0 saturated heterocycles. The van der Waals surface area contributed by atoms with E-state index >= 15 is 0 Å². The van der Waals surface area contributed by atoms with E-state index < -0.39 is 35.4 Å². The number of carbonyl (C=O) groups excluding carboxylic acids is 2. The van der Waals surface area contributed by atoms with Crippen LogP contribution in [0.15, 0.2) is 72.9 Å². The third-order valence-corrected chi connectivity index (χ3v) is 4.94. The van der Waals surface area contributed by atoms with Gasteiger partial charge in [0.1, 0.15) is 0 Å². The van der Waals surface area contributed by atoms with Crippen LogP contribution in [-0.4, -0.2) is 26.5 Å². The molecule has 0 radical (unpaired) electrons. The van der Waals surface area contributed by atoms with Crippen LogP contribution in [0.3, 0.4) is 0 Å². The molecule has 0 aliphatic rings. The summed E-state index contributed by atoms with van der Waals surface area (Å²) in [7, 11) is 0. The third kappa shape index (κ3) is 4.98. The number of benzene rings is 2. The fourth-order valence-corrected chi connectivity index (χ4v) is 3.33. The number of carbonyl (C=O) groups is 2. The largest absolute Gasteiger partial charge is 0.418 e. The Morgan fingerprint density at radius 2 is 1.68 bits per heavy atom. The van der Waals surface area contributed by atoms with Gasteiger partial charge in [0.25, 0.3) is 5.91 Å². The Morgan fingerprint density at radius 1 is 0.941 bits per heavy atom. The average molecular weight is 468 g/mol. The normalized spacial score (nSPS) is 12.2. The van der Waals surface area contributed by atoms with Crippen molar-refractivity contribution in [1.82, 2.24) is 19.9 Å². The Balaban J connectivity index is 1.50. The average Bonchev–Trinajstić information content (AvgIpc) is 3.24. The van der Waals surface area contributed by atoms with Gasteiger partial charge in [0, 0.05) is 17.4 Å². The molecule has 0 bridgehead atoms. The summed E-state index contributed by atoms with van der Waals surface area (Å²) in [5.41, 5.74) is -0.753. The summed E-state index contributed by atoms with van der Waals surface area (Å²) in [6.45, 7) is 1.63. The summed E-state index contributed by atoms with van der Waals surface area (Å²) in [5.74, 6) is -0.137. The van der Waals surface area contributed by atoms with Crippen LogP contribution >= 0.6 is 0 Å². The summed E-state index contributed by atoms with van der Waals surface area (Å²) in [5, 5.41) is 15.2. The first-order chi connectivity index (χ1) is 16.2. The quantitative estimate of drug-likeness (QED) is 0.389. The van der Waals surface area contributed by atoms with Crippen molar-refractivity contribution in [3.8, 4) is 0 Å². The van der Waals surface area contributed by atoms with Crippen molar-refractivity contribution < 1.29 is 22.8 Å². The highest BCUT2D eigenvalue weighted by Gasteiger charge is 2.34. The minimum absolute atomic E-state index is 0.0598. The van der Waals surface area contributed by atoms with Crippen molar-refractivity contribution in [3.05, 3.63) is 89.9 Å². The van der Waals surface area contributed by atoms with Crippen LogP contribution < -0.4 is 16.0 Å². The minimum atomic E-state index is -4.77. The van der Waals surface area contributed by atoms with E-state index in [1.165, 1.54) is 6.07 Å². The zero-order valence-electron chi connectivity index (χ0n) is 17.8. The molecule has 0 aliphatic heterocycles. The van der Waals surface area contributed by atoms with Crippen LogP contribution in [0.5, 0.6) is 0 Å². The van der Waals surface area contributed by atoms with Gasteiger partial charge in [-0.15, -0.1) is 10.2 Å². The Bertz CT molecular complexity index is 1340. The van der Waals surface area contributed by atoms with E-state index in [1.807, 2.05) is 0 Å². The van der Waals surface area contributed by atoms with E-state index in [0.29, 0.717) is 17.0 Å². The Kier molecular flexibility index (Phi) is 6.17. The number of urea groups is 1. The van der Waals surface area contributed by atoms with Crippen molar-refractivity contribution in [2.45, 2.75) is 19.1 Å². The molecule has 2 aromatic carbocycles. The molecule has 1 unspecified atom stereocenters. The summed E-state index contributed by atoms with van der Waals surface area (Å²) >= 11 is 0. The summed E-state index contributed by atoms with van der Waals surface area (Å²) in [6, 6.07) is 15.0. The highest BCUT2D eigenvalue weighted by molar-refractivity contribution is 6.04. The number of amides is 3. The molecule has 1 atom stereocenters. The van der Waals surface area contributed by atoms with Crippen LogP contribution in [0, 0.1) is 0 Å². The molecule has 0 aliphatic carbocycles. The predicted octanol–water partition coefficient (Wildman–Crippen LogP) is 4.88. The molecule has 8 nitrogen and oxygen atoms in total. The number of fused-ring (bicyclic) bond motifs is 1. The maximum atomic E-state index is 13.7. The topological polar surface area (TPSA) is 100 Å². The number of nitrogens with one attached hydrogen (secondary N) is 3. The number of rotatable bonds is 5. The van der Waals surface area contributed by atoms with Crippen molar-refractivity contribution in [3.63, 3.8) is 0 Å². The Hall–Kier alpha value is -4.41. The number of nitrogens with zero attached hydrogens (tertiary/aromatic N) is 3. The van der Waals surface area contributed by atoms with Crippen LogP contribution in [0.1, 0.15) is 34.7 Å². The van der Waals surface area contributed by atoms with Gasteiger partial charge >= 0.3 is 12.2 Å². The second kappa shape index (κ2) is 9.22. The lowest BCUT2D eigenvalue weighted by Crippen LogP contribution is -2.32. The van der Waals surface area contributed by atoms with Gasteiger partial charge in [0.2, 0.25) is 0 Å². The fourth-order valence-electron chi connectivity index (χ4n) is 3.33. The molecule has 4 aromatic rings. The Morgan fingerprint density at radius 3 is 2.41 bits per heavy atom. The SMILES string of the molecule is CC(NC(=O)Nc1ccc(NC(=O)c2ccccc2)cc1C(F)(F)F)c1nnc2ccccn12. The molecule has 2 heterocycles.